The third kappa shape index (κ3) is 9.06. The topological polar surface area (TPSA) is 177 Å². The van der Waals surface area contributed by atoms with Crippen LogP contribution in [0.3, 0.4) is 0 Å². The number of nitrogens with one attached hydrogen (secondary N) is 3. The van der Waals surface area contributed by atoms with E-state index in [0.717, 1.165) is 12.8 Å². The monoisotopic (exact) mass is 345 g/mol. The highest BCUT2D eigenvalue weighted by Crippen LogP contribution is 1.97. The molecule has 24 heavy (non-hydrogen) atoms. The lowest BCUT2D eigenvalue weighted by atomic mass is 10.1. The Morgan fingerprint density at radius 2 is 1.62 bits per heavy atom. The summed E-state index contributed by atoms with van der Waals surface area (Å²) in [6.07, 6.45) is 1.95. The zero-order valence-corrected chi connectivity index (χ0v) is 14.0. The molecule has 0 fully saturated rings. The van der Waals surface area contributed by atoms with Crippen molar-refractivity contribution in [3.05, 3.63) is 0 Å². The Balaban J connectivity index is 4.13. The third-order valence-electron chi connectivity index (χ3n) is 3.23. The molecule has 0 saturated heterocycles. The molecule has 0 aliphatic carbocycles. The van der Waals surface area contributed by atoms with Gasteiger partial charge in [0.25, 0.3) is 0 Å². The predicted octanol–water partition coefficient (Wildman–Crippen LogP) is -2.35. The molecule has 0 aliphatic heterocycles. The van der Waals surface area contributed by atoms with E-state index < -0.39 is 41.8 Å². The van der Waals surface area contributed by atoms with Gasteiger partial charge in [-0.25, -0.2) is 0 Å². The molecule has 0 aromatic heterocycles. The number of aliphatic carboxylic acids is 1. The van der Waals surface area contributed by atoms with E-state index in [0.29, 0.717) is 13.0 Å². The average molecular weight is 345 g/mol. The summed E-state index contributed by atoms with van der Waals surface area (Å²) in [6, 6.07) is -2.72. The second-order valence-corrected chi connectivity index (χ2v) is 5.47. The molecule has 138 valence electrons. The van der Waals surface area contributed by atoms with Crippen LogP contribution in [0, 0.1) is 0 Å². The van der Waals surface area contributed by atoms with Gasteiger partial charge in [-0.15, -0.1) is 0 Å². The maximum absolute atomic E-state index is 11.7. The van der Waals surface area contributed by atoms with E-state index in [-0.39, 0.29) is 6.54 Å². The first-order valence-electron chi connectivity index (χ1n) is 7.75. The maximum atomic E-state index is 11.7. The van der Waals surface area contributed by atoms with Gasteiger partial charge in [-0.1, -0.05) is 6.42 Å². The Kier molecular flexibility index (Phi) is 10.3. The van der Waals surface area contributed by atoms with Crippen molar-refractivity contribution in [2.45, 2.75) is 51.2 Å². The summed E-state index contributed by atoms with van der Waals surface area (Å²) in [4.78, 5) is 45.7. The fourth-order valence-corrected chi connectivity index (χ4v) is 1.70. The minimum Gasteiger partial charge on any atom is -0.480 e. The summed E-state index contributed by atoms with van der Waals surface area (Å²) in [5.74, 6) is -2.86. The molecule has 0 aromatic rings. The number of carboxylic acids is 1. The van der Waals surface area contributed by atoms with E-state index in [2.05, 4.69) is 16.0 Å². The van der Waals surface area contributed by atoms with Crippen molar-refractivity contribution >= 4 is 23.7 Å². The van der Waals surface area contributed by atoms with Crippen LogP contribution in [0.25, 0.3) is 0 Å². The van der Waals surface area contributed by atoms with Crippen LogP contribution in [0.15, 0.2) is 0 Å². The molecule has 0 rings (SSSR count). The van der Waals surface area contributed by atoms with Gasteiger partial charge < -0.3 is 32.5 Å². The Labute approximate surface area is 140 Å². The third-order valence-corrected chi connectivity index (χ3v) is 3.23. The van der Waals surface area contributed by atoms with Gasteiger partial charge >= 0.3 is 5.97 Å². The Bertz CT molecular complexity index is 457. The molecule has 3 atom stereocenters. The second-order valence-electron chi connectivity index (χ2n) is 5.47. The van der Waals surface area contributed by atoms with Crippen LogP contribution in [0.2, 0.25) is 0 Å². The van der Waals surface area contributed by atoms with Crippen LogP contribution >= 0.6 is 0 Å². The van der Waals surface area contributed by atoms with Crippen LogP contribution in [-0.4, -0.2) is 60.0 Å². The van der Waals surface area contributed by atoms with Gasteiger partial charge in [0.15, 0.2) is 0 Å². The molecule has 8 N–H and O–H groups in total. The van der Waals surface area contributed by atoms with Crippen molar-refractivity contribution in [2.75, 3.05) is 13.1 Å². The van der Waals surface area contributed by atoms with Crippen molar-refractivity contribution in [1.29, 1.82) is 0 Å². The molecule has 0 aromatic carbocycles. The molecule has 0 heterocycles. The highest BCUT2D eigenvalue weighted by Gasteiger charge is 2.21. The van der Waals surface area contributed by atoms with E-state index in [1.165, 1.54) is 13.8 Å². The zero-order valence-electron chi connectivity index (χ0n) is 14.0. The SMILES string of the molecule is CC(NC(=O)C(C)NC(=O)CNC(=O)C(N)CCCCN)C(=O)O. The van der Waals surface area contributed by atoms with Gasteiger partial charge in [-0.05, 0) is 33.2 Å². The van der Waals surface area contributed by atoms with Crippen LogP contribution in [0.4, 0.5) is 0 Å². The summed E-state index contributed by atoms with van der Waals surface area (Å²) in [5.41, 5.74) is 11.0. The number of hydrogen-bond donors (Lipinski definition) is 6. The average Bonchev–Trinajstić information content (AvgIpc) is 2.52. The van der Waals surface area contributed by atoms with Crippen molar-refractivity contribution in [3.8, 4) is 0 Å². The number of unbranched alkanes of at least 4 members (excludes halogenated alkanes) is 1. The maximum Gasteiger partial charge on any atom is 0.325 e. The van der Waals surface area contributed by atoms with Gasteiger partial charge in [0.1, 0.15) is 12.1 Å². The molecule has 0 saturated carbocycles. The predicted molar refractivity (Wildman–Crippen MR) is 86.7 cm³/mol. The first-order chi connectivity index (χ1) is 11.2. The first kappa shape index (κ1) is 21.8. The van der Waals surface area contributed by atoms with E-state index in [1.54, 1.807) is 0 Å². The number of rotatable bonds is 11. The Morgan fingerprint density at radius 1 is 1.00 bits per heavy atom. The van der Waals surface area contributed by atoms with Gasteiger partial charge in [-0.2, -0.15) is 0 Å². The minimum atomic E-state index is -1.18. The van der Waals surface area contributed by atoms with Crippen LogP contribution < -0.4 is 27.4 Å². The minimum absolute atomic E-state index is 0.324. The first-order valence-corrected chi connectivity index (χ1v) is 7.75. The van der Waals surface area contributed by atoms with Crippen molar-refractivity contribution in [2.24, 2.45) is 11.5 Å². The molecule has 10 heteroatoms. The van der Waals surface area contributed by atoms with E-state index in [9.17, 15) is 19.2 Å². The molecule has 3 amide bonds. The van der Waals surface area contributed by atoms with Crippen LogP contribution in [-0.2, 0) is 19.2 Å². The van der Waals surface area contributed by atoms with E-state index in [1.807, 2.05) is 0 Å². The molecule has 0 bridgehead atoms. The smallest absolute Gasteiger partial charge is 0.325 e. The summed E-state index contributed by atoms with van der Waals surface area (Å²) in [7, 11) is 0. The molecule has 0 radical (unpaired) electrons. The van der Waals surface area contributed by atoms with Crippen molar-refractivity contribution < 1.29 is 24.3 Å². The molecular weight excluding hydrogens is 318 g/mol. The summed E-state index contributed by atoms with van der Waals surface area (Å²) < 4.78 is 0. The quantitative estimate of drug-likeness (QED) is 0.227. The molecule has 3 unspecified atom stereocenters. The zero-order chi connectivity index (χ0) is 18.7. The largest absolute Gasteiger partial charge is 0.480 e. The lowest BCUT2D eigenvalue weighted by molar-refractivity contribution is -0.141. The molecule has 0 spiro atoms. The fraction of sp³-hybridized carbons (Fsp3) is 0.714. The van der Waals surface area contributed by atoms with Gasteiger partial charge in [0.05, 0.1) is 12.6 Å². The highest BCUT2D eigenvalue weighted by atomic mass is 16.4. The lowest BCUT2D eigenvalue weighted by Crippen LogP contribution is -2.52. The molecule has 0 aliphatic rings. The summed E-state index contributed by atoms with van der Waals surface area (Å²) in [5, 5.41) is 15.7. The second kappa shape index (κ2) is 11.4. The lowest BCUT2D eigenvalue weighted by Gasteiger charge is -2.17. The number of carbonyl (C=O) groups is 4. The number of hydrogen-bond acceptors (Lipinski definition) is 6. The number of carbonyl (C=O) groups excluding carboxylic acids is 3. The molecule has 10 nitrogen and oxygen atoms in total. The van der Waals surface area contributed by atoms with Gasteiger partial charge in [0, 0.05) is 0 Å². The van der Waals surface area contributed by atoms with E-state index in [4.69, 9.17) is 16.6 Å². The fourth-order valence-electron chi connectivity index (χ4n) is 1.70. The van der Waals surface area contributed by atoms with Gasteiger partial charge in [0.2, 0.25) is 17.7 Å². The van der Waals surface area contributed by atoms with Crippen molar-refractivity contribution in [3.63, 3.8) is 0 Å². The highest BCUT2D eigenvalue weighted by molar-refractivity contribution is 5.92. The summed E-state index contributed by atoms with van der Waals surface area (Å²) in [6.45, 7) is 2.91. The number of carboxylic acid groups (broad SMARTS) is 1. The normalized spacial score (nSPS) is 14.2. The number of amides is 3. The molecular formula is C14H27N5O5. The Hall–Kier alpha value is -2.20. The number of nitrogens with two attached hydrogens (primary N) is 2. The Morgan fingerprint density at radius 3 is 2.17 bits per heavy atom. The van der Waals surface area contributed by atoms with Crippen LogP contribution in [0.5, 0.6) is 0 Å². The van der Waals surface area contributed by atoms with Crippen molar-refractivity contribution in [1.82, 2.24) is 16.0 Å². The van der Waals surface area contributed by atoms with E-state index >= 15 is 0 Å². The standard InChI is InChI=1S/C14H27N5O5/c1-8(12(21)19-9(2)14(23)24)18-11(20)7-17-13(22)10(16)5-3-4-6-15/h8-10H,3-7,15-16H2,1-2H3,(H,17,22)(H,18,20)(H,19,21)(H,23,24). The summed E-state index contributed by atoms with van der Waals surface area (Å²) >= 11 is 0. The van der Waals surface area contributed by atoms with Gasteiger partial charge in [-0.3, -0.25) is 19.2 Å². The van der Waals surface area contributed by atoms with Crippen LogP contribution in [0.1, 0.15) is 33.1 Å².